The van der Waals surface area contributed by atoms with Crippen molar-refractivity contribution in [1.29, 1.82) is 0 Å². The molecule has 0 bridgehead atoms. The average molecular weight is 363 g/mol. The van der Waals surface area contributed by atoms with Gasteiger partial charge in [-0.25, -0.2) is 4.39 Å². The van der Waals surface area contributed by atoms with Crippen molar-refractivity contribution < 1.29 is 9.18 Å². The van der Waals surface area contributed by atoms with Gasteiger partial charge in [-0.05, 0) is 43.2 Å². The molecule has 7 heteroatoms. The lowest BCUT2D eigenvalue weighted by Crippen LogP contribution is -2.15. The third kappa shape index (κ3) is 2.97. The Labute approximate surface area is 155 Å². The van der Waals surface area contributed by atoms with Gasteiger partial charge in [-0.3, -0.25) is 14.6 Å². The van der Waals surface area contributed by atoms with Crippen LogP contribution in [0.5, 0.6) is 0 Å². The molecule has 0 atom stereocenters. The van der Waals surface area contributed by atoms with E-state index in [1.54, 1.807) is 36.0 Å². The summed E-state index contributed by atoms with van der Waals surface area (Å²) in [5.74, 6) is -0.817. The number of aryl methyl sites for hydroxylation is 3. The Hall–Kier alpha value is -3.48. The summed E-state index contributed by atoms with van der Waals surface area (Å²) >= 11 is 0. The lowest BCUT2D eigenvalue weighted by atomic mass is 10.0. The van der Waals surface area contributed by atoms with E-state index in [2.05, 4.69) is 20.6 Å². The molecule has 0 saturated carbocycles. The van der Waals surface area contributed by atoms with Crippen molar-refractivity contribution in [2.24, 2.45) is 7.05 Å². The highest BCUT2D eigenvalue weighted by Crippen LogP contribution is 2.29. The molecule has 0 unspecified atom stereocenters. The number of fused-ring (bicyclic) bond motifs is 1. The Morgan fingerprint density at radius 3 is 2.74 bits per heavy atom. The highest BCUT2D eigenvalue weighted by molar-refractivity contribution is 6.09. The summed E-state index contributed by atoms with van der Waals surface area (Å²) in [7, 11) is 1.83. The number of anilines is 1. The summed E-state index contributed by atoms with van der Waals surface area (Å²) in [6, 6.07) is 8.34. The third-order valence-electron chi connectivity index (χ3n) is 4.59. The average Bonchev–Trinajstić information content (AvgIpc) is 3.23. The first kappa shape index (κ1) is 17.0. The number of aromatic nitrogens is 4. The number of rotatable bonds is 3. The van der Waals surface area contributed by atoms with Gasteiger partial charge in [-0.2, -0.15) is 10.2 Å². The van der Waals surface area contributed by atoms with Gasteiger partial charge in [0.1, 0.15) is 11.5 Å². The molecular weight excluding hydrogens is 345 g/mol. The topological polar surface area (TPSA) is 75.6 Å². The molecule has 0 spiro atoms. The number of hydrogen-bond acceptors (Lipinski definition) is 3. The first-order valence-corrected chi connectivity index (χ1v) is 8.48. The molecule has 0 aliphatic heterocycles. The molecule has 4 aromatic rings. The maximum Gasteiger partial charge on any atom is 0.256 e. The zero-order valence-electron chi connectivity index (χ0n) is 15.2. The minimum atomic E-state index is -0.457. The largest absolute Gasteiger partial charge is 0.319 e. The molecule has 2 aromatic heterocycles. The van der Waals surface area contributed by atoms with Crippen LogP contribution in [0.25, 0.3) is 22.2 Å². The van der Waals surface area contributed by atoms with Crippen LogP contribution in [0.2, 0.25) is 0 Å². The molecule has 4 rings (SSSR count). The van der Waals surface area contributed by atoms with Gasteiger partial charge in [0.25, 0.3) is 5.91 Å². The van der Waals surface area contributed by atoms with Crippen LogP contribution in [0.1, 0.15) is 21.5 Å². The quantitative estimate of drug-likeness (QED) is 0.578. The Bertz CT molecular complexity index is 1150. The van der Waals surface area contributed by atoms with Crippen LogP contribution in [0.15, 0.2) is 42.7 Å². The van der Waals surface area contributed by atoms with E-state index in [4.69, 9.17) is 0 Å². The van der Waals surface area contributed by atoms with Gasteiger partial charge >= 0.3 is 0 Å². The van der Waals surface area contributed by atoms with Gasteiger partial charge in [0.15, 0.2) is 0 Å². The second kappa shape index (κ2) is 6.35. The van der Waals surface area contributed by atoms with Crippen molar-refractivity contribution in [3.8, 4) is 11.3 Å². The highest BCUT2D eigenvalue weighted by atomic mass is 19.1. The number of nitrogens with one attached hydrogen (secondary N) is 2. The van der Waals surface area contributed by atoms with E-state index >= 15 is 0 Å². The molecule has 136 valence electrons. The van der Waals surface area contributed by atoms with E-state index < -0.39 is 5.82 Å². The van der Waals surface area contributed by atoms with Crippen molar-refractivity contribution in [3.05, 3.63) is 65.2 Å². The molecule has 0 saturated heterocycles. The molecule has 2 N–H and O–H groups in total. The van der Waals surface area contributed by atoms with Crippen LogP contribution >= 0.6 is 0 Å². The molecule has 0 fully saturated rings. The number of amides is 1. The number of nitrogens with zero attached hydrogens (tertiary/aromatic N) is 3. The number of carbonyl (C=O) groups is 1. The molecule has 0 aliphatic rings. The molecule has 0 aliphatic carbocycles. The molecule has 0 radical (unpaired) electrons. The summed E-state index contributed by atoms with van der Waals surface area (Å²) in [4.78, 5) is 12.8. The first-order valence-electron chi connectivity index (χ1n) is 8.48. The molecule has 2 aromatic carbocycles. The van der Waals surface area contributed by atoms with Gasteiger partial charge in [-0.15, -0.1) is 0 Å². The van der Waals surface area contributed by atoms with Crippen molar-refractivity contribution in [1.82, 2.24) is 20.0 Å². The number of benzene rings is 2. The van der Waals surface area contributed by atoms with Crippen LogP contribution in [0.3, 0.4) is 0 Å². The van der Waals surface area contributed by atoms with Crippen molar-refractivity contribution >= 4 is 22.5 Å². The van der Waals surface area contributed by atoms with E-state index in [9.17, 15) is 9.18 Å². The number of aromatic amines is 1. The zero-order valence-corrected chi connectivity index (χ0v) is 15.2. The summed E-state index contributed by atoms with van der Waals surface area (Å²) in [5.41, 5.74) is 4.50. The Kier molecular flexibility index (Phi) is 3.99. The van der Waals surface area contributed by atoms with Crippen LogP contribution in [0.4, 0.5) is 10.1 Å². The second-order valence-corrected chi connectivity index (χ2v) is 6.57. The normalized spacial score (nSPS) is 11.1. The monoisotopic (exact) mass is 363 g/mol. The standard InChI is InChI=1S/C20H18FN5O/c1-11-5-4-6-16(21)18(11)23-20(27)14-8-15-17(7-12(14)2)24-25-19(15)13-9-22-26(3)10-13/h4-10H,1-3H3,(H,23,27)(H,24,25). The first-order chi connectivity index (χ1) is 12.9. The number of para-hydroxylation sites is 1. The smallest absolute Gasteiger partial charge is 0.256 e. The molecule has 27 heavy (non-hydrogen) atoms. The number of halogens is 1. The Morgan fingerprint density at radius 2 is 2.04 bits per heavy atom. The number of hydrogen-bond donors (Lipinski definition) is 2. The Balaban J connectivity index is 1.77. The van der Waals surface area contributed by atoms with Crippen LogP contribution in [-0.4, -0.2) is 25.9 Å². The molecule has 6 nitrogen and oxygen atoms in total. The highest BCUT2D eigenvalue weighted by Gasteiger charge is 2.17. The predicted molar refractivity (Wildman–Crippen MR) is 102 cm³/mol. The summed E-state index contributed by atoms with van der Waals surface area (Å²) < 4.78 is 15.8. The maximum absolute atomic E-state index is 14.1. The SMILES string of the molecule is Cc1cc2[nH]nc(-c3cnn(C)c3)c2cc1C(=O)Nc1c(C)cccc1F. The fourth-order valence-electron chi connectivity index (χ4n) is 3.15. The van der Waals surface area contributed by atoms with E-state index in [1.165, 1.54) is 6.07 Å². The summed E-state index contributed by atoms with van der Waals surface area (Å²) in [6.45, 7) is 3.60. The maximum atomic E-state index is 14.1. The predicted octanol–water partition coefficient (Wildman–Crippen LogP) is 3.97. The van der Waals surface area contributed by atoms with Crippen molar-refractivity contribution in [2.45, 2.75) is 13.8 Å². The fourth-order valence-corrected chi connectivity index (χ4v) is 3.15. The van der Waals surface area contributed by atoms with E-state index in [-0.39, 0.29) is 11.6 Å². The number of H-pyrrole nitrogens is 1. The van der Waals surface area contributed by atoms with E-state index in [0.717, 1.165) is 22.0 Å². The third-order valence-corrected chi connectivity index (χ3v) is 4.59. The molecule has 2 heterocycles. The van der Waals surface area contributed by atoms with Gasteiger partial charge in [0, 0.05) is 29.8 Å². The molecular formula is C20H18FN5O. The number of carbonyl (C=O) groups excluding carboxylic acids is 1. The lowest BCUT2D eigenvalue weighted by Gasteiger charge is -2.11. The van der Waals surface area contributed by atoms with Gasteiger partial charge in [0.05, 0.1) is 17.4 Å². The van der Waals surface area contributed by atoms with E-state index in [1.807, 2.05) is 26.2 Å². The summed E-state index contributed by atoms with van der Waals surface area (Å²) in [6.07, 6.45) is 3.58. The Morgan fingerprint density at radius 1 is 1.22 bits per heavy atom. The van der Waals surface area contributed by atoms with Crippen LogP contribution in [0, 0.1) is 19.7 Å². The summed E-state index contributed by atoms with van der Waals surface area (Å²) in [5, 5.41) is 15.0. The van der Waals surface area contributed by atoms with Crippen molar-refractivity contribution in [2.75, 3.05) is 5.32 Å². The van der Waals surface area contributed by atoms with Crippen molar-refractivity contribution in [3.63, 3.8) is 0 Å². The molecule has 1 amide bonds. The van der Waals surface area contributed by atoms with Crippen LogP contribution in [-0.2, 0) is 7.05 Å². The lowest BCUT2D eigenvalue weighted by molar-refractivity contribution is 0.102. The van der Waals surface area contributed by atoms with E-state index in [0.29, 0.717) is 16.8 Å². The van der Waals surface area contributed by atoms with Gasteiger partial charge in [-0.1, -0.05) is 12.1 Å². The van der Waals surface area contributed by atoms with Gasteiger partial charge in [0.2, 0.25) is 0 Å². The van der Waals surface area contributed by atoms with Crippen LogP contribution < -0.4 is 5.32 Å². The minimum absolute atomic E-state index is 0.196. The fraction of sp³-hybridized carbons (Fsp3) is 0.150. The second-order valence-electron chi connectivity index (χ2n) is 6.57. The van der Waals surface area contributed by atoms with Gasteiger partial charge < -0.3 is 5.32 Å². The zero-order chi connectivity index (χ0) is 19.1. The minimum Gasteiger partial charge on any atom is -0.319 e.